The number of hydrogen-bond acceptors (Lipinski definition) is 4. The van der Waals surface area contributed by atoms with Crippen LogP contribution >= 0.6 is 35.1 Å². The maximum Gasteiger partial charge on any atom is 0.123 e. The monoisotopic (exact) mass is 317 g/mol. The van der Waals surface area contributed by atoms with Gasteiger partial charge in [-0.25, -0.2) is 0 Å². The highest BCUT2D eigenvalue weighted by molar-refractivity contribution is 8.07. The van der Waals surface area contributed by atoms with Gasteiger partial charge in [-0.15, -0.1) is 0 Å². The molecule has 0 aliphatic carbocycles. The molecular weight excluding hydrogens is 298 g/mol. The van der Waals surface area contributed by atoms with Crippen LogP contribution in [0.5, 0.6) is 5.75 Å². The van der Waals surface area contributed by atoms with E-state index < -0.39 is 0 Å². The largest absolute Gasteiger partial charge is 0.496 e. The molecule has 106 valence electrons. The normalized spacial score (nSPS) is 25.1. The van der Waals surface area contributed by atoms with Crippen LogP contribution < -0.4 is 10.5 Å². The van der Waals surface area contributed by atoms with Crippen LogP contribution in [0.4, 0.5) is 0 Å². The number of rotatable bonds is 4. The van der Waals surface area contributed by atoms with Crippen molar-refractivity contribution in [1.82, 2.24) is 0 Å². The van der Waals surface area contributed by atoms with Gasteiger partial charge < -0.3 is 10.5 Å². The molecule has 1 aliphatic heterocycles. The Morgan fingerprint density at radius 3 is 2.84 bits per heavy atom. The Hall–Kier alpha value is -0.0300. The van der Waals surface area contributed by atoms with Crippen molar-refractivity contribution in [1.29, 1.82) is 0 Å². The molecule has 5 heteroatoms. The number of thioether (sulfide) groups is 2. The zero-order chi connectivity index (χ0) is 13.8. The molecular formula is C14H20ClNOS2. The average Bonchev–Trinajstić information content (AvgIpc) is 2.46. The maximum absolute atomic E-state index is 6.51. The lowest BCUT2D eigenvalue weighted by molar-refractivity contribution is 0.404. The third kappa shape index (κ3) is 3.54. The molecule has 3 unspecified atom stereocenters. The highest BCUT2D eigenvalue weighted by Crippen LogP contribution is 2.41. The van der Waals surface area contributed by atoms with Crippen molar-refractivity contribution in [2.45, 2.75) is 29.9 Å². The molecule has 0 aromatic heterocycles. The fourth-order valence-electron chi connectivity index (χ4n) is 2.41. The van der Waals surface area contributed by atoms with Gasteiger partial charge in [0.25, 0.3) is 0 Å². The van der Waals surface area contributed by atoms with Crippen molar-refractivity contribution in [2.75, 3.05) is 18.6 Å². The second kappa shape index (κ2) is 7.11. The number of halogens is 1. The van der Waals surface area contributed by atoms with E-state index >= 15 is 0 Å². The number of benzene rings is 1. The molecule has 0 amide bonds. The highest BCUT2D eigenvalue weighted by Gasteiger charge is 2.32. The molecule has 1 fully saturated rings. The molecule has 2 N–H and O–H groups in total. The van der Waals surface area contributed by atoms with Crippen LogP contribution in [0.1, 0.15) is 24.9 Å². The Labute approximate surface area is 128 Å². The zero-order valence-electron chi connectivity index (χ0n) is 11.3. The molecule has 0 radical (unpaired) electrons. The Morgan fingerprint density at radius 2 is 2.16 bits per heavy atom. The summed E-state index contributed by atoms with van der Waals surface area (Å²) in [5.41, 5.74) is 7.53. The lowest BCUT2D eigenvalue weighted by Crippen LogP contribution is -2.35. The Bertz CT molecular complexity index is 430. The predicted molar refractivity (Wildman–Crippen MR) is 87.7 cm³/mol. The van der Waals surface area contributed by atoms with Gasteiger partial charge in [0, 0.05) is 38.6 Å². The zero-order valence-corrected chi connectivity index (χ0v) is 13.7. The molecule has 3 atom stereocenters. The van der Waals surface area contributed by atoms with Crippen molar-refractivity contribution in [3.8, 4) is 5.75 Å². The summed E-state index contributed by atoms with van der Waals surface area (Å²) in [4.78, 5) is 0. The van der Waals surface area contributed by atoms with Crippen LogP contribution in [-0.4, -0.2) is 29.1 Å². The third-order valence-corrected chi connectivity index (χ3v) is 7.01. The minimum Gasteiger partial charge on any atom is -0.496 e. The molecule has 0 bridgehead atoms. The summed E-state index contributed by atoms with van der Waals surface area (Å²) in [6.45, 7) is 2.23. The topological polar surface area (TPSA) is 35.2 Å². The van der Waals surface area contributed by atoms with Crippen LogP contribution in [0, 0.1) is 0 Å². The first-order valence-electron chi connectivity index (χ1n) is 6.49. The van der Waals surface area contributed by atoms with Crippen LogP contribution in [0.25, 0.3) is 0 Å². The van der Waals surface area contributed by atoms with E-state index in [9.17, 15) is 0 Å². The molecule has 2 rings (SSSR count). The van der Waals surface area contributed by atoms with Gasteiger partial charge in [-0.3, -0.25) is 0 Å². The summed E-state index contributed by atoms with van der Waals surface area (Å²) in [6, 6.07) is 5.66. The SMILES string of the molecule is CCC1SCCSC1C(N)c1cc(Cl)ccc1OC. The van der Waals surface area contributed by atoms with E-state index in [0.717, 1.165) is 17.7 Å². The van der Waals surface area contributed by atoms with Crippen molar-refractivity contribution in [3.63, 3.8) is 0 Å². The molecule has 1 aromatic carbocycles. The van der Waals surface area contributed by atoms with Gasteiger partial charge in [-0.05, 0) is 24.6 Å². The first kappa shape index (κ1) is 15.4. The van der Waals surface area contributed by atoms with Crippen LogP contribution in [0.15, 0.2) is 18.2 Å². The van der Waals surface area contributed by atoms with Gasteiger partial charge in [0.2, 0.25) is 0 Å². The summed E-state index contributed by atoms with van der Waals surface area (Å²) in [5, 5.41) is 1.75. The Kier molecular flexibility index (Phi) is 5.75. The smallest absolute Gasteiger partial charge is 0.123 e. The van der Waals surface area contributed by atoms with Gasteiger partial charge in [-0.2, -0.15) is 23.5 Å². The van der Waals surface area contributed by atoms with Crippen molar-refractivity contribution >= 4 is 35.1 Å². The molecule has 2 nitrogen and oxygen atoms in total. The molecule has 0 saturated carbocycles. The van der Waals surface area contributed by atoms with Crippen molar-refractivity contribution in [2.24, 2.45) is 5.73 Å². The summed E-state index contributed by atoms with van der Waals surface area (Å²) in [6.07, 6.45) is 1.15. The van der Waals surface area contributed by atoms with Gasteiger partial charge in [0.05, 0.1) is 7.11 Å². The van der Waals surface area contributed by atoms with Gasteiger partial charge in [0.1, 0.15) is 5.75 Å². The van der Waals surface area contributed by atoms with E-state index in [1.165, 1.54) is 11.5 Å². The molecule has 1 heterocycles. The average molecular weight is 318 g/mol. The fourth-order valence-corrected chi connectivity index (χ4v) is 5.77. The Balaban J connectivity index is 2.26. The standard InChI is InChI=1S/C14H20ClNOS2/c1-3-12-14(19-7-6-18-12)13(16)10-8-9(15)4-5-11(10)17-2/h4-5,8,12-14H,3,6-7,16H2,1-2H3. The number of hydrogen-bond donors (Lipinski definition) is 1. The van der Waals surface area contributed by atoms with Crippen LogP contribution in [0.2, 0.25) is 5.02 Å². The molecule has 1 aromatic rings. The summed E-state index contributed by atoms with van der Waals surface area (Å²) in [5.74, 6) is 3.23. The van der Waals surface area contributed by atoms with Gasteiger partial charge >= 0.3 is 0 Å². The third-order valence-electron chi connectivity index (χ3n) is 3.40. The van der Waals surface area contributed by atoms with E-state index in [2.05, 4.69) is 6.92 Å². The Morgan fingerprint density at radius 1 is 1.42 bits per heavy atom. The van der Waals surface area contributed by atoms with Crippen molar-refractivity contribution < 1.29 is 4.74 Å². The van der Waals surface area contributed by atoms with Gasteiger partial charge in [-0.1, -0.05) is 18.5 Å². The minimum absolute atomic E-state index is 0.0311. The lowest BCUT2D eigenvalue weighted by atomic mass is 10.00. The molecule has 1 saturated heterocycles. The highest BCUT2D eigenvalue weighted by atomic mass is 35.5. The summed E-state index contributed by atoms with van der Waals surface area (Å²) < 4.78 is 5.43. The second-order valence-electron chi connectivity index (χ2n) is 4.56. The fraction of sp³-hybridized carbons (Fsp3) is 0.571. The van der Waals surface area contributed by atoms with Crippen LogP contribution in [-0.2, 0) is 0 Å². The summed E-state index contributed by atoms with van der Waals surface area (Å²) >= 11 is 10.1. The van der Waals surface area contributed by atoms with E-state index in [1.54, 1.807) is 7.11 Å². The molecule has 1 aliphatic rings. The second-order valence-corrected chi connectivity index (χ2v) is 7.63. The molecule has 19 heavy (non-hydrogen) atoms. The van der Waals surface area contributed by atoms with Gasteiger partial charge in [0.15, 0.2) is 0 Å². The van der Waals surface area contributed by atoms with E-state index in [4.69, 9.17) is 22.1 Å². The van der Waals surface area contributed by atoms with Crippen molar-refractivity contribution in [3.05, 3.63) is 28.8 Å². The minimum atomic E-state index is -0.0311. The van der Waals surface area contributed by atoms with Crippen LogP contribution in [0.3, 0.4) is 0 Å². The predicted octanol–water partition coefficient (Wildman–Crippen LogP) is 3.98. The lowest BCUT2D eigenvalue weighted by Gasteiger charge is -2.34. The van der Waals surface area contributed by atoms with E-state index in [1.807, 2.05) is 41.7 Å². The summed E-state index contributed by atoms with van der Waals surface area (Å²) in [7, 11) is 1.68. The van der Waals surface area contributed by atoms with E-state index in [-0.39, 0.29) is 6.04 Å². The molecule has 0 spiro atoms. The van der Waals surface area contributed by atoms with E-state index in [0.29, 0.717) is 15.5 Å². The number of methoxy groups -OCH3 is 1. The maximum atomic E-state index is 6.51. The quantitative estimate of drug-likeness (QED) is 0.911. The first-order valence-corrected chi connectivity index (χ1v) is 8.97. The first-order chi connectivity index (χ1) is 9.17. The number of ether oxygens (including phenoxy) is 1. The number of nitrogens with two attached hydrogens (primary N) is 1.